The van der Waals surface area contributed by atoms with Crippen LogP contribution in [0.2, 0.25) is 0 Å². The Bertz CT molecular complexity index is 428. The van der Waals surface area contributed by atoms with Gasteiger partial charge in [-0.25, -0.2) is 4.57 Å². The Balaban J connectivity index is 0.000000555. The van der Waals surface area contributed by atoms with E-state index in [0.29, 0.717) is 12.8 Å². The molecule has 0 aliphatic heterocycles. The number of carbonyl (C=O) groups excluding carboxylic acids is 1. The molecule has 0 atom stereocenters. The SMILES string of the molecule is CCC=NO.CCCCn1c(C=O)cnc1[N+](=O)[O-]. The van der Waals surface area contributed by atoms with Gasteiger partial charge in [0, 0.05) is 6.21 Å². The third kappa shape index (κ3) is 5.75. The average Bonchev–Trinajstić information content (AvgIpc) is 2.81. The quantitative estimate of drug-likeness (QED) is 0.280. The molecular formula is C11H18N4O4. The molecule has 1 rings (SSSR count). The molecule has 0 amide bonds. The molecule has 0 bridgehead atoms. The van der Waals surface area contributed by atoms with E-state index in [1.807, 2.05) is 13.8 Å². The number of unbranched alkanes of at least 4 members (excludes halogenated alkanes) is 1. The molecule has 8 heteroatoms. The molecule has 0 radical (unpaired) electrons. The van der Waals surface area contributed by atoms with Crippen molar-refractivity contribution in [3.8, 4) is 0 Å². The maximum absolute atomic E-state index is 10.5. The number of nitro groups is 1. The smallest absolute Gasteiger partial charge is 0.411 e. The summed E-state index contributed by atoms with van der Waals surface area (Å²) in [6.45, 7) is 4.34. The standard InChI is InChI=1S/C8H11N3O3.C3H7NO/c1-2-3-4-10-7(6-12)5-9-8(10)11(13)14;1-2-3-4-5/h5-6H,2-4H2,1H3;3,5H,2H2,1H3. The Morgan fingerprint density at radius 1 is 1.58 bits per heavy atom. The van der Waals surface area contributed by atoms with Crippen LogP contribution in [0.3, 0.4) is 0 Å². The largest absolute Gasteiger partial charge is 0.435 e. The Morgan fingerprint density at radius 3 is 2.63 bits per heavy atom. The number of imidazole rings is 1. The lowest BCUT2D eigenvalue weighted by atomic mass is 10.3. The van der Waals surface area contributed by atoms with Crippen molar-refractivity contribution in [2.24, 2.45) is 5.16 Å². The van der Waals surface area contributed by atoms with Gasteiger partial charge in [0.15, 0.2) is 12.0 Å². The topological polar surface area (TPSA) is 111 Å². The van der Waals surface area contributed by atoms with E-state index in [2.05, 4.69) is 10.1 Å². The Hall–Kier alpha value is -2.25. The number of aldehydes is 1. The molecule has 1 aromatic rings. The van der Waals surface area contributed by atoms with Crippen LogP contribution in [0.25, 0.3) is 0 Å². The number of hydrogen-bond donors (Lipinski definition) is 1. The first kappa shape index (κ1) is 16.8. The van der Waals surface area contributed by atoms with Gasteiger partial charge in [-0.1, -0.05) is 25.3 Å². The summed E-state index contributed by atoms with van der Waals surface area (Å²) in [6, 6.07) is 0. The summed E-state index contributed by atoms with van der Waals surface area (Å²) in [5.74, 6) is -0.263. The molecule has 1 aromatic heterocycles. The predicted molar refractivity (Wildman–Crippen MR) is 69.7 cm³/mol. The fourth-order valence-electron chi connectivity index (χ4n) is 1.25. The van der Waals surface area contributed by atoms with Gasteiger partial charge in [0.2, 0.25) is 0 Å². The van der Waals surface area contributed by atoms with E-state index in [0.717, 1.165) is 19.3 Å². The molecule has 0 aromatic carbocycles. The van der Waals surface area contributed by atoms with Gasteiger partial charge in [-0.15, -0.1) is 5.16 Å². The van der Waals surface area contributed by atoms with E-state index in [1.165, 1.54) is 17.0 Å². The normalized spacial score (nSPS) is 10.0. The molecule has 0 saturated carbocycles. The molecular weight excluding hydrogens is 252 g/mol. The fourth-order valence-corrected chi connectivity index (χ4v) is 1.25. The van der Waals surface area contributed by atoms with Crippen molar-refractivity contribution in [3.05, 3.63) is 22.0 Å². The van der Waals surface area contributed by atoms with Crippen LogP contribution in [0.4, 0.5) is 5.95 Å². The van der Waals surface area contributed by atoms with Gasteiger partial charge in [-0.3, -0.25) is 4.79 Å². The zero-order chi connectivity index (χ0) is 14.7. The zero-order valence-electron chi connectivity index (χ0n) is 11.0. The predicted octanol–water partition coefficient (Wildman–Crippen LogP) is 2.26. The van der Waals surface area contributed by atoms with Crippen molar-refractivity contribution in [3.63, 3.8) is 0 Å². The summed E-state index contributed by atoms with van der Waals surface area (Å²) in [6.07, 6.45) is 5.73. The summed E-state index contributed by atoms with van der Waals surface area (Å²) in [7, 11) is 0. The molecule has 8 nitrogen and oxygen atoms in total. The van der Waals surface area contributed by atoms with Crippen LogP contribution in [-0.2, 0) is 6.54 Å². The molecule has 0 fully saturated rings. The number of rotatable bonds is 6. The molecule has 0 unspecified atom stereocenters. The van der Waals surface area contributed by atoms with E-state index in [-0.39, 0.29) is 11.6 Å². The molecule has 0 saturated heterocycles. The lowest BCUT2D eigenvalue weighted by Crippen LogP contribution is -2.06. The molecule has 0 aliphatic carbocycles. The minimum Gasteiger partial charge on any atom is -0.411 e. The summed E-state index contributed by atoms with van der Waals surface area (Å²) in [4.78, 5) is 24.1. The first-order valence-electron chi connectivity index (χ1n) is 5.93. The zero-order valence-corrected chi connectivity index (χ0v) is 11.0. The van der Waals surface area contributed by atoms with Crippen LogP contribution in [0.5, 0.6) is 0 Å². The minimum atomic E-state index is -0.581. The second-order valence-corrected chi connectivity index (χ2v) is 3.57. The van der Waals surface area contributed by atoms with Gasteiger partial charge in [0.25, 0.3) is 0 Å². The fraction of sp³-hybridized carbons (Fsp3) is 0.545. The van der Waals surface area contributed by atoms with E-state index in [9.17, 15) is 14.9 Å². The highest BCUT2D eigenvalue weighted by Crippen LogP contribution is 2.12. The molecule has 1 N–H and O–H groups in total. The highest BCUT2D eigenvalue weighted by Gasteiger charge is 2.19. The highest BCUT2D eigenvalue weighted by atomic mass is 16.6. The maximum Gasteiger partial charge on any atom is 0.435 e. The number of nitrogens with zero attached hydrogens (tertiary/aromatic N) is 4. The monoisotopic (exact) mass is 270 g/mol. The van der Waals surface area contributed by atoms with E-state index < -0.39 is 4.92 Å². The van der Waals surface area contributed by atoms with E-state index in [4.69, 9.17) is 5.21 Å². The average molecular weight is 270 g/mol. The molecule has 106 valence electrons. The number of carbonyl (C=O) groups is 1. The summed E-state index contributed by atoms with van der Waals surface area (Å²) in [5.41, 5.74) is 0.255. The van der Waals surface area contributed by atoms with Crippen molar-refractivity contribution < 1.29 is 14.9 Å². The molecule has 0 aliphatic rings. The van der Waals surface area contributed by atoms with Crippen molar-refractivity contribution >= 4 is 18.4 Å². The van der Waals surface area contributed by atoms with Crippen LogP contribution < -0.4 is 0 Å². The third-order valence-corrected chi connectivity index (χ3v) is 2.15. The molecule has 1 heterocycles. The van der Waals surface area contributed by atoms with Gasteiger partial charge in [0.05, 0.1) is 6.54 Å². The lowest BCUT2D eigenvalue weighted by Gasteiger charge is -2.00. The van der Waals surface area contributed by atoms with Gasteiger partial charge in [0.1, 0.15) is 6.20 Å². The Kier molecular flexibility index (Phi) is 8.59. The number of oxime groups is 1. The van der Waals surface area contributed by atoms with E-state index in [1.54, 1.807) is 0 Å². The lowest BCUT2D eigenvalue weighted by molar-refractivity contribution is -0.396. The summed E-state index contributed by atoms with van der Waals surface area (Å²) < 4.78 is 1.33. The van der Waals surface area contributed by atoms with Gasteiger partial charge >= 0.3 is 5.95 Å². The van der Waals surface area contributed by atoms with Gasteiger partial charge < -0.3 is 15.3 Å². The highest BCUT2D eigenvalue weighted by molar-refractivity contribution is 5.72. The van der Waals surface area contributed by atoms with Gasteiger partial charge in [-0.05, 0) is 17.8 Å². The summed E-state index contributed by atoms with van der Waals surface area (Å²) in [5, 5.41) is 20.9. The summed E-state index contributed by atoms with van der Waals surface area (Å²) >= 11 is 0. The molecule has 19 heavy (non-hydrogen) atoms. The first-order valence-corrected chi connectivity index (χ1v) is 5.93. The number of aromatic nitrogens is 2. The Morgan fingerprint density at radius 2 is 2.26 bits per heavy atom. The van der Waals surface area contributed by atoms with Crippen molar-refractivity contribution in [1.29, 1.82) is 0 Å². The van der Waals surface area contributed by atoms with Crippen LogP contribution in [-0.4, -0.2) is 32.2 Å². The third-order valence-electron chi connectivity index (χ3n) is 2.15. The van der Waals surface area contributed by atoms with Crippen molar-refractivity contribution in [1.82, 2.24) is 9.55 Å². The minimum absolute atomic E-state index is 0.255. The van der Waals surface area contributed by atoms with Crippen molar-refractivity contribution in [2.45, 2.75) is 39.7 Å². The van der Waals surface area contributed by atoms with Crippen molar-refractivity contribution in [2.75, 3.05) is 0 Å². The van der Waals surface area contributed by atoms with Gasteiger partial charge in [-0.2, -0.15) is 0 Å². The van der Waals surface area contributed by atoms with Crippen LogP contribution in [0.1, 0.15) is 43.6 Å². The molecule has 0 spiro atoms. The van der Waals surface area contributed by atoms with Crippen LogP contribution in [0.15, 0.2) is 11.4 Å². The maximum atomic E-state index is 10.5. The van der Waals surface area contributed by atoms with Crippen LogP contribution in [0, 0.1) is 10.1 Å². The first-order chi connectivity index (χ1) is 9.12. The Labute approximate surface area is 110 Å². The second-order valence-electron chi connectivity index (χ2n) is 3.57. The van der Waals surface area contributed by atoms with Crippen LogP contribution >= 0.6 is 0 Å². The van der Waals surface area contributed by atoms with E-state index >= 15 is 0 Å². The second kappa shape index (κ2) is 9.75. The number of hydrogen-bond acceptors (Lipinski definition) is 6.